The van der Waals surface area contributed by atoms with E-state index in [1.165, 1.54) is 39.4 Å². The average molecular weight is 178 g/mol. The fraction of sp³-hybridized carbons (Fsp3) is 1.00. The lowest BCUT2D eigenvalue weighted by Gasteiger charge is -2.11. The van der Waals surface area contributed by atoms with Gasteiger partial charge in [0.2, 0.25) is 0 Å². The lowest BCUT2D eigenvalue weighted by molar-refractivity contribution is 1.35. The van der Waals surface area contributed by atoms with Gasteiger partial charge in [0, 0.05) is 0 Å². The molecule has 0 saturated heterocycles. The van der Waals surface area contributed by atoms with E-state index in [0.29, 0.717) is 7.92 Å². The molecule has 10 heavy (non-hydrogen) atoms. The topological polar surface area (TPSA) is 0 Å². The highest BCUT2D eigenvalue weighted by Gasteiger charge is 1.99. The van der Waals surface area contributed by atoms with Crippen molar-refractivity contribution in [3.05, 3.63) is 0 Å². The molecule has 0 aliphatic heterocycles. The van der Waals surface area contributed by atoms with Crippen LogP contribution in [0.15, 0.2) is 0 Å². The van der Waals surface area contributed by atoms with Gasteiger partial charge in [0.15, 0.2) is 0 Å². The van der Waals surface area contributed by atoms with Gasteiger partial charge in [0.1, 0.15) is 0 Å². The molecular weight excluding hydrogens is 158 g/mol. The summed E-state index contributed by atoms with van der Waals surface area (Å²) >= 11 is 0. The maximum absolute atomic E-state index is 2.34. The molecule has 0 aromatic rings. The molecule has 0 aliphatic rings. The molecule has 0 amide bonds. The minimum atomic E-state index is 0.439. The predicted octanol–water partition coefficient (Wildman–Crippen LogP) is 3.21. The first kappa shape index (κ1) is 10.9. The number of hydrogen-bond donors (Lipinski definition) is 0. The van der Waals surface area contributed by atoms with Crippen molar-refractivity contribution in [1.82, 2.24) is 0 Å². The van der Waals surface area contributed by atoms with E-state index in [1.54, 1.807) is 0 Å². The van der Waals surface area contributed by atoms with Crippen LogP contribution in [0.4, 0.5) is 0 Å². The van der Waals surface area contributed by atoms with E-state index in [4.69, 9.17) is 0 Å². The smallest absolute Gasteiger partial charge is 0.0289 e. The summed E-state index contributed by atoms with van der Waals surface area (Å²) < 4.78 is 0. The van der Waals surface area contributed by atoms with Gasteiger partial charge in [-0.15, -0.1) is 16.5 Å². The molecule has 0 nitrogen and oxygen atoms in total. The van der Waals surface area contributed by atoms with Crippen LogP contribution < -0.4 is 0 Å². The van der Waals surface area contributed by atoms with Gasteiger partial charge in [-0.3, -0.25) is 0 Å². The van der Waals surface area contributed by atoms with Gasteiger partial charge in [-0.05, 0) is 30.8 Å². The third-order valence-electron chi connectivity index (χ3n) is 1.75. The molecule has 0 fully saturated rings. The highest BCUT2D eigenvalue weighted by atomic mass is 31.1. The van der Waals surface area contributed by atoms with Crippen molar-refractivity contribution >= 4 is 16.5 Å². The number of hydrogen-bond acceptors (Lipinski definition) is 0. The fourth-order valence-corrected chi connectivity index (χ4v) is 4.28. The average Bonchev–Trinajstić information content (AvgIpc) is 1.99. The van der Waals surface area contributed by atoms with Crippen LogP contribution in [0.1, 0.15) is 20.8 Å². The summed E-state index contributed by atoms with van der Waals surface area (Å²) in [6.07, 6.45) is 7.33. The first-order chi connectivity index (χ1) is 4.85. The van der Waals surface area contributed by atoms with E-state index in [-0.39, 0.29) is 0 Å². The van der Waals surface area contributed by atoms with Crippen molar-refractivity contribution in [3.63, 3.8) is 0 Å². The summed E-state index contributed by atoms with van der Waals surface area (Å²) in [6, 6.07) is 0. The maximum atomic E-state index is 2.34. The number of rotatable bonds is 6. The predicted molar refractivity (Wildman–Crippen MR) is 56.6 cm³/mol. The molecule has 0 rings (SSSR count). The Labute approximate surface area is 68.7 Å². The van der Waals surface area contributed by atoms with Crippen molar-refractivity contribution in [1.29, 1.82) is 0 Å². The van der Waals surface area contributed by atoms with Gasteiger partial charge >= 0.3 is 0 Å². The van der Waals surface area contributed by atoms with Crippen LogP contribution in [0.2, 0.25) is 0 Å². The molecule has 1 atom stereocenters. The van der Waals surface area contributed by atoms with Gasteiger partial charge in [-0.2, -0.15) is 0 Å². The molecule has 0 saturated carbocycles. The third kappa shape index (κ3) is 5.63. The van der Waals surface area contributed by atoms with E-state index in [2.05, 4.69) is 20.8 Å². The van der Waals surface area contributed by atoms with Crippen LogP contribution in [0.3, 0.4) is 0 Å². The normalized spacial score (nSPS) is 12.0. The van der Waals surface area contributed by atoms with Crippen LogP contribution >= 0.6 is 16.5 Å². The second-order valence-electron chi connectivity index (χ2n) is 2.38. The minimum Gasteiger partial charge on any atom is -0.122 e. The first-order valence-corrected chi connectivity index (χ1v) is 7.59. The van der Waals surface area contributed by atoms with Crippen LogP contribution in [-0.2, 0) is 0 Å². The van der Waals surface area contributed by atoms with Crippen LogP contribution in [-0.4, -0.2) is 30.8 Å². The van der Waals surface area contributed by atoms with E-state index >= 15 is 0 Å². The Morgan fingerprint density at radius 2 is 1.70 bits per heavy atom. The van der Waals surface area contributed by atoms with Crippen molar-refractivity contribution in [3.8, 4) is 0 Å². The molecule has 0 aromatic carbocycles. The lowest BCUT2D eigenvalue weighted by Crippen LogP contribution is -1.91. The quantitative estimate of drug-likeness (QED) is 0.432. The van der Waals surface area contributed by atoms with Gasteiger partial charge in [0.25, 0.3) is 0 Å². The van der Waals surface area contributed by atoms with Crippen molar-refractivity contribution < 1.29 is 0 Å². The Kier molecular flexibility index (Phi) is 8.65. The summed E-state index contributed by atoms with van der Waals surface area (Å²) in [7, 11) is 1.67. The van der Waals surface area contributed by atoms with Crippen molar-refractivity contribution in [2.45, 2.75) is 20.8 Å². The molecule has 0 aliphatic carbocycles. The summed E-state index contributed by atoms with van der Waals surface area (Å²) in [5.41, 5.74) is 0. The maximum Gasteiger partial charge on any atom is -0.0289 e. The molecule has 62 valence electrons. The van der Waals surface area contributed by atoms with E-state index < -0.39 is 0 Å². The summed E-state index contributed by atoms with van der Waals surface area (Å²) in [5.74, 6) is 0. The van der Waals surface area contributed by atoms with Crippen LogP contribution in [0, 0.1) is 0 Å². The molecule has 0 heterocycles. The molecule has 0 N–H and O–H groups in total. The standard InChI is InChI=1S/C8H20P2/c1-4-9-7-8-10(5-2)6-3/h9H,4-8H2,1-3H3. The SMILES string of the molecule is CCPCCP(CC)CC. The molecule has 0 bridgehead atoms. The second kappa shape index (κ2) is 7.96. The molecule has 2 heteroatoms. The Hall–Kier alpha value is 0.860. The Morgan fingerprint density at radius 3 is 2.10 bits per heavy atom. The van der Waals surface area contributed by atoms with Crippen molar-refractivity contribution in [2.24, 2.45) is 0 Å². The molecule has 0 radical (unpaired) electrons. The Balaban J connectivity index is 3.09. The molecule has 0 aromatic heterocycles. The largest absolute Gasteiger partial charge is 0.122 e. The highest BCUT2D eigenvalue weighted by molar-refractivity contribution is 7.58. The van der Waals surface area contributed by atoms with E-state index in [1.807, 2.05) is 0 Å². The Bertz CT molecular complexity index is 60.3. The second-order valence-corrected chi connectivity index (χ2v) is 7.14. The van der Waals surface area contributed by atoms with Gasteiger partial charge in [-0.1, -0.05) is 20.8 Å². The first-order valence-electron chi connectivity index (χ1n) is 4.28. The van der Waals surface area contributed by atoms with Crippen LogP contribution in [0.5, 0.6) is 0 Å². The zero-order chi connectivity index (χ0) is 7.82. The van der Waals surface area contributed by atoms with Gasteiger partial charge < -0.3 is 0 Å². The monoisotopic (exact) mass is 178 g/mol. The lowest BCUT2D eigenvalue weighted by atomic mass is 10.9. The van der Waals surface area contributed by atoms with Gasteiger partial charge in [-0.25, -0.2) is 0 Å². The van der Waals surface area contributed by atoms with E-state index in [9.17, 15) is 0 Å². The fourth-order valence-electron chi connectivity index (χ4n) is 0.954. The zero-order valence-electron chi connectivity index (χ0n) is 7.48. The Morgan fingerprint density at radius 1 is 1.10 bits per heavy atom. The van der Waals surface area contributed by atoms with Crippen molar-refractivity contribution in [2.75, 3.05) is 30.8 Å². The third-order valence-corrected chi connectivity index (χ3v) is 5.92. The summed E-state index contributed by atoms with van der Waals surface area (Å²) in [5, 5.41) is 0. The van der Waals surface area contributed by atoms with Gasteiger partial charge in [0.05, 0.1) is 0 Å². The zero-order valence-corrected chi connectivity index (χ0v) is 9.38. The highest BCUT2D eigenvalue weighted by Crippen LogP contribution is 2.35. The molecule has 0 spiro atoms. The molecule has 1 unspecified atom stereocenters. The van der Waals surface area contributed by atoms with E-state index in [0.717, 1.165) is 0 Å². The summed E-state index contributed by atoms with van der Waals surface area (Å²) in [4.78, 5) is 0. The van der Waals surface area contributed by atoms with Crippen LogP contribution in [0.25, 0.3) is 0 Å². The molecular formula is C8H20P2. The minimum absolute atomic E-state index is 0.439. The summed E-state index contributed by atoms with van der Waals surface area (Å²) in [6.45, 7) is 6.97.